The molecule has 1 aromatic rings. The molecule has 0 bridgehead atoms. The van der Waals surface area contributed by atoms with Crippen molar-refractivity contribution in [1.82, 2.24) is 10.2 Å². The molecule has 3 rings (SSSR count). The first-order valence-corrected chi connectivity index (χ1v) is 8.59. The van der Waals surface area contributed by atoms with E-state index in [4.69, 9.17) is 9.47 Å². The maximum absolute atomic E-state index is 12.2. The van der Waals surface area contributed by atoms with E-state index in [0.29, 0.717) is 37.1 Å². The molecule has 24 heavy (non-hydrogen) atoms. The van der Waals surface area contributed by atoms with E-state index in [1.54, 1.807) is 29.2 Å². The number of hydrogen-bond donors (Lipinski definition) is 1. The van der Waals surface area contributed by atoms with Crippen molar-refractivity contribution in [3.05, 3.63) is 29.8 Å². The number of rotatable bonds is 6. The van der Waals surface area contributed by atoms with Gasteiger partial charge in [-0.05, 0) is 43.5 Å². The van der Waals surface area contributed by atoms with Crippen molar-refractivity contribution in [1.29, 1.82) is 0 Å². The van der Waals surface area contributed by atoms with Crippen LogP contribution in [-0.2, 0) is 9.53 Å². The third-order valence-electron chi connectivity index (χ3n) is 4.34. The quantitative estimate of drug-likeness (QED) is 0.859. The monoisotopic (exact) mass is 332 g/mol. The van der Waals surface area contributed by atoms with Gasteiger partial charge in [-0.3, -0.25) is 9.59 Å². The van der Waals surface area contributed by atoms with E-state index < -0.39 is 0 Å². The zero-order valence-corrected chi connectivity index (χ0v) is 14.0. The Balaban J connectivity index is 1.47. The van der Waals surface area contributed by atoms with Crippen LogP contribution in [0.4, 0.5) is 0 Å². The lowest BCUT2D eigenvalue weighted by Crippen LogP contribution is -2.47. The summed E-state index contributed by atoms with van der Waals surface area (Å²) in [5.41, 5.74) is 0.611. The van der Waals surface area contributed by atoms with Crippen molar-refractivity contribution in [2.24, 2.45) is 0 Å². The Morgan fingerprint density at radius 2 is 2.04 bits per heavy atom. The van der Waals surface area contributed by atoms with Gasteiger partial charge in [0.15, 0.2) is 6.61 Å². The highest BCUT2D eigenvalue weighted by molar-refractivity contribution is 5.94. The van der Waals surface area contributed by atoms with Crippen LogP contribution < -0.4 is 10.1 Å². The first-order chi connectivity index (χ1) is 11.7. The van der Waals surface area contributed by atoms with E-state index in [9.17, 15) is 9.59 Å². The van der Waals surface area contributed by atoms with Crippen LogP contribution in [0, 0.1) is 0 Å². The van der Waals surface area contributed by atoms with E-state index in [-0.39, 0.29) is 24.5 Å². The lowest BCUT2D eigenvalue weighted by Gasteiger charge is -2.32. The molecule has 1 aliphatic heterocycles. The standard InChI is InChI=1S/C18H24N2O4/c1-2-15-11-20(9-10-23-15)17(21)12-24-16-7-3-13(4-8-16)18(22)19-14-5-6-14/h3-4,7-8,14-15H,2,5-6,9-12H2,1H3,(H,19,22)/t15-/m1/s1. The largest absolute Gasteiger partial charge is 0.484 e. The number of nitrogens with one attached hydrogen (secondary N) is 1. The Hall–Kier alpha value is -2.08. The summed E-state index contributed by atoms with van der Waals surface area (Å²) in [5.74, 6) is 0.498. The predicted octanol–water partition coefficient (Wildman–Crippen LogP) is 1.59. The van der Waals surface area contributed by atoms with Crippen molar-refractivity contribution in [2.75, 3.05) is 26.3 Å². The predicted molar refractivity (Wildman–Crippen MR) is 89.0 cm³/mol. The molecule has 0 unspecified atom stereocenters. The molecule has 0 spiro atoms. The molecule has 1 atom stereocenters. The lowest BCUT2D eigenvalue weighted by atomic mass is 10.2. The number of hydrogen-bond acceptors (Lipinski definition) is 4. The lowest BCUT2D eigenvalue weighted by molar-refractivity contribution is -0.141. The second-order valence-corrected chi connectivity index (χ2v) is 6.30. The van der Waals surface area contributed by atoms with Gasteiger partial charge in [0.2, 0.25) is 0 Å². The van der Waals surface area contributed by atoms with Gasteiger partial charge >= 0.3 is 0 Å². The van der Waals surface area contributed by atoms with E-state index >= 15 is 0 Å². The van der Waals surface area contributed by atoms with Crippen LogP contribution in [0.15, 0.2) is 24.3 Å². The summed E-state index contributed by atoms with van der Waals surface area (Å²) >= 11 is 0. The minimum absolute atomic E-state index is 0.00402. The molecular formula is C18H24N2O4. The van der Waals surface area contributed by atoms with E-state index in [1.807, 2.05) is 0 Å². The second kappa shape index (κ2) is 7.66. The van der Waals surface area contributed by atoms with Gasteiger partial charge in [0.05, 0.1) is 12.7 Å². The Labute approximate surface area is 142 Å². The molecular weight excluding hydrogens is 308 g/mol. The minimum atomic E-state index is -0.0564. The second-order valence-electron chi connectivity index (χ2n) is 6.30. The highest BCUT2D eigenvalue weighted by Crippen LogP contribution is 2.20. The van der Waals surface area contributed by atoms with Gasteiger partial charge in [0.25, 0.3) is 11.8 Å². The van der Waals surface area contributed by atoms with Crippen molar-refractivity contribution in [2.45, 2.75) is 38.3 Å². The summed E-state index contributed by atoms with van der Waals surface area (Å²) in [5, 5.41) is 2.94. The van der Waals surface area contributed by atoms with Crippen LogP contribution >= 0.6 is 0 Å². The first kappa shape index (κ1) is 16.8. The van der Waals surface area contributed by atoms with Gasteiger partial charge in [-0.2, -0.15) is 0 Å². The molecule has 0 aromatic heterocycles. The minimum Gasteiger partial charge on any atom is -0.484 e. The average molecular weight is 332 g/mol. The number of benzene rings is 1. The number of carbonyl (C=O) groups is 2. The third kappa shape index (κ3) is 4.47. The molecule has 2 aliphatic rings. The molecule has 1 heterocycles. The summed E-state index contributed by atoms with van der Waals surface area (Å²) in [7, 11) is 0. The topological polar surface area (TPSA) is 67.9 Å². The first-order valence-electron chi connectivity index (χ1n) is 8.59. The number of morpholine rings is 1. The molecule has 1 N–H and O–H groups in total. The zero-order chi connectivity index (χ0) is 16.9. The molecule has 1 saturated heterocycles. The molecule has 2 fully saturated rings. The Kier molecular flexibility index (Phi) is 5.35. The number of carbonyl (C=O) groups excluding carboxylic acids is 2. The fraction of sp³-hybridized carbons (Fsp3) is 0.556. The SMILES string of the molecule is CC[C@@H]1CN(C(=O)COc2ccc(C(=O)NC3CC3)cc2)CCO1. The number of ether oxygens (including phenoxy) is 2. The van der Waals surface area contributed by atoms with Crippen LogP contribution in [-0.4, -0.2) is 55.2 Å². The summed E-state index contributed by atoms with van der Waals surface area (Å²) in [4.78, 5) is 25.9. The zero-order valence-electron chi connectivity index (χ0n) is 14.0. The smallest absolute Gasteiger partial charge is 0.260 e. The van der Waals surface area contributed by atoms with Crippen LogP contribution in [0.2, 0.25) is 0 Å². The average Bonchev–Trinajstić information content (AvgIpc) is 3.44. The maximum Gasteiger partial charge on any atom is 0.260 e. The van der Waals surface area contributed by atoms with Crippen LogP contribution in [0.3, 0.4) is 0 Å². The van der Waals surface area contributed by atoms with Gasteiger partial charge in [-0.1, -0.05) is 6.92 Å². The van der Waals surface area contributed by atoms with Gasteiger partial charge in [0.1, 0.15) is 5.75 Å². The summed E-state index contributed by atoms with van der Waals surface area (Å²) in [6.45, 7) is 3.87. The van der Waals surface area contributed by atoms with Crippen molar-refractivity contribution in [3.63, 3.8) is 0 Å². The van der Waals surface area contributed by atoms with Gasteiger partial charge in [-0.25, -0.2) is 0 Å². The summed E-state index contributed by atoms with van der Waals surface area (Å²) in [6.07, 6.45) is 3.15. The Morgan fingerprint density at radius 3 is 2.71 bits per heavy atom. The molecule has 130 valence electrons. The van der Waals surface area contributed by atoms with Crippen molar-refractivity contribution in [3.8, 4) is 5.75 Å². The fourth-order valence-electron chi connectivity index (χ4n) is 2.63. The fourth-order valence-corrected chi connectivity index (χ4v) is 2.63. The van der Waals surface area contributed by atoms with E-state index in [0.717, 1.165) is 19.3 Å². The normalized spacial score (nSPS) is 20.5. The highest BCUT2D eigenvalue weighted by Gasteiger charge is 2.24. The van der Waals surface area contributed by atoms with Gasteiger partial charge < -0.3 is 19.7 Å². The molecule has 6 nitrogen and oxygen atoms in total. The third-order valence-corrected chi connectivity index (χ3v) is 4.34. The van der Waals surface area contributed by atoms with E-state index in [1.165, 1.54) is 0 Å². The van der Waals surface area contributed by atoms with Crippen molar-refractivity contribution >= 4 is 11.8 Å². The van der Waals surface area contributed by atoms with Crippen molar-refractivity contribution < 1.29 is 19.1 Å². The molecule has 1 aliphatic carbocycles. The van der Waals surface area contributed by atoms with Crippen LogP contribution in [0.25, 0.3) is 0 Å². The maximum atomic E-state index is 12.2. The van der Waals surface area contributed by atoms with Gasteiger partial charge in [0, 0.05) is 24.7 Å². The summed E-state index contributed by atoms with van der Waals surface area (Å²) in [6, 6.07) is 7.23. The summed E-state index contributed by atoms with van der Waals surface area (Å²) < 4.78 is 11.1. The number of amides is 2. The van der Waals surface area contributed by atoms with Crippen LogP contribution in [0.5, 0.6) is 5.75 Å². The highest BCUT2D eigenvalue weighted by atomic mass is 16.5. The molecule has 1 aromatic carbocycles. The molecule has 6 heteroatoms. The molecule has 2 amide bonds. The Bertz CT molecular complexity index is 583. The number of nitrogens with zero attached hydrogens (tertiary/aromatic N) is 1. The van der Waals surface area contributed by atoms with Gasteiger partial charge in [-0.15, -0.1) is 0 Å². The molecule has 1 saturated carbocycles. The Morgan fingerprint density at radius 1 is 1.29 bits per heavy atom. The van der Waals surface area contributed by atoms with Crippen LogP contribution in [0.1, 0.15) is 36.5 Å². The van der Waals surface area contributed by atoms with E-state index in [2.05, 4.69) is 12.2 Å². The molecule has 0 radical (unpaired) electrons.